The van der Waals surface area contributed by atoms with Gasteiger partial charge in [-0.25, -0.2) is 9.97 Å². The van der Waals surface area contributed by atoms with Gasteiger partial charge in [-0.3, -0.25) is 9.36 Å². The normalized spacial score (nSPS) is 22.8. The molecule has 212 valence electrons. The molecule has 0 unspecified atom stereocenters. The number of hydrogen-bond donors (Lipinski definition) is 3. The molecule has 1 saturated heterocycles. The minimum atomic E-state index is -1.46. The number of fused-ring (bicyclic) bond motifs is 3. The number of ether oxygens (including phenoxy) is 3. The van der Waals surface area contributed by atoms with Crippen molar-refractivity contribution < 1.29 is 33.9 Å². The van der Waals surface area contributed by atoms with Crippen molar-refractivity contribution in [2.75, 3.05) is 13.7 Å². The number of hydrogen-bond acceptors (Lipinski definition) is 11. The molecule has 2 fully saturated rings. The molecule has 11 nitrogen and oxygen atoms in total. The molecule has 0 radical (unpaired) electrons. The van der Waals surface area contributed by atoms with Crippen LogP contribution in [-0.4, -0.2) is 68.2 Å². The van der Waals surface area contributed by atoms with Crippen LogP contribution in [0.2, 0.25) is 0 Å². The summed E-state index contributed by atoms with van der Waals surface area (Å²) >= 11 is 1.30. The Labute approximate surface area is 237 Å². The lowest BCUT2D eigenvalue weighted by Gasteiger charge is -2.34. The minimum absolute atomic E-state index is 0.142. The summed E-state index contributed by atoms with van der Waals surface area (Å²) in [5.74, 6) is 2.51. The molecule has 7 rings (SSSR count). The predicted molar refractivity (Wildman–Crippen MR) is 149 cm³/mol. The van der Waals surface area contributed by atoms with Gasteiger partial charge in [-0.1, -0.05) is 12.1 Å². The third-order valence-corrected chi connectivity index (χ3v) is 8.71. The number of methoxy groups -OCH3 is 1. The summed E-state index contributed by atoms with van der Waals surface area (Å²) in [5, 5.41) is 31.4. The first kappa shape index (κ1) is 26.1. The fourth-order valence-corrected chi connectivity index (χ4v) is 6.41. The molecule has 1 aliphatic carbocycles. The van der Waals surface area contributed by atoms with Gasteiger partial charge in [-0.05, 0) is 48.6 Å². The molecule has 3 N–H and O–H groups in total. The quantitative estimate of drug-likeness (QED) is 0.264. The van der Waals surface area contributed by atoms with E-state index in [2.05, 4.69) is 4.98 Å². The van der Waals surface area contributed by atoms with Gasteiger partial charge in [0.25, 0.3) is 5.56 Å². The first-order chi connectivity index (χ1) is 19.9. The SMILES string of the molecule is COc1ccc(-c2nc3sc4c(O[C@@H]5OC[C@@H](O)[C@H](O)[C@H]5O)cccc4c3c(=O)n2Cc2cnco2)c(C2CC2)c1. The van der Waals surface area contributed by atoms with Gasteiger partial charge in [0, 0.05) is 10.9 Å². The van der Waals surface area contributed by atoms with E-state index in [9.17, 15) is 20.1 Å². The summed E-state index contributed by atoms with van der Waals surface area (Å²) in [6.07, 6.45) is -0.259. The van der Waals surface area contributed by atoms with E-state index in [0.29, 0.717) is 43.6 Å². The first-order valence-corrected chi connectivity index (χ1v) is 14.1. The molecule has 12 heteroatoms. The van der Waals surface area contributed by atoms with Gasteiger partial charge in [0.2, 0.25) is 6.29 Å². The Morgan fingerprint density at radius 2 is 2.00 bits per heavy atom. The highest BCUT2D eigenvalue weighted by Gasteiger charge is 2.39. The van der Waals surface area contributed by atoms with Crippen LogP contribution >= 0.6 is 11.3 Å². The first-order valence-electron chi connectivity index (χ1n) is 13.3. The molecule has 41 heavy (non-hydrogen) atoms. The lowest BCUT2D eigenvalue weighted by molar-refractivity contribution is -0.241. The number of aliphatic hydroxyl groups is 3. The number of benzene rings is 2. The Morgan fingerprint density at radius 3 is 2.76 bits per heavy atom. The third-order valence-electron chi connectivity index (χ3n) is 7.59. The standard InChI is InChI=1S/C29H27N3O8S/c1-37-15-7-8-17(19(9-15)14-5-6-14)26-31-27-22(28(36)32(26)11-16-10-30-13-39-16)18-3-2-4-21(25(18)41-27)40-29-24(35)23(34)20(33)12-38-29/h2-4,7-10,13-14,20,23-24,29,33-35H,5-6,11-12H2,1H3/t20-,23+,24-,29+/m1/s1. The van der Waals surface area contributed by atoms with E-state index in [0.717, 1.165) is 29.7 Å². The van der Waals surface area contributed by atoms with E-state index in [1.807, 2.05) is 24.3 Å². The zero-order chi connectivity index (χ0) is 28.2. The molecule has 0 bridgehead atoms. The highest BCUT2D eigenvalue weighted by atomic mass is 32.1. The van der Waals surface area contributed by atoms with Gasteiger partial charge in [0.15, 0.2) is 6.39 Å². The maximum Gasteiger partial charge on any atom is 0.263 e. The monoisotopic (exact) mass is 577 g/mol. The van der Waals surface area contributed by atoms with E-state index < -0.39 is 24.6 Å². The second-order valence-corrected chi connectivity index (χ2v) is 11.3. The van der Waals surface area contributed by atoms with Gasteiger partial charge in [-0.15, -0.1) is 11.3 Å². The predicted octanol–water partition coefficient (Wildman–Crippen LogP) is 3.02. The number of rotatable bonds is 7. The Balaban J connectivity index is 1.40. The Morgan fingerprint density at radius 1 is 1.15 bits per heavy atom. The molecule has 1 saturated carbocycles. The zero-order valence-corrected chi connectivity index (χ0v) is 22.8. The van der Waals surface area contributed by atoms with Crippen LogP contribution in [0.4, 0.5) is 0 Å². The lowest BCUT2D eigenvalue weighted by atomic mass is 10.0. The van der Waals surface area contributed by atoms with Gasteiger partial charge in [0.05, 0.1) is 36.5 Å². The minimum Gasteiger partial charge on any atom is -0.497 e. The molecule has 2 aromatic carbocycles. The lowest BCUT2D eigenvalue weighted by Crippen LogP contribution is -2.54. The van der Waals surface area contributed by atoms with Crippen molar-refractivity contribution in [2.24, 2.45) is 0 Å². The fourth-order valence-electron chi connectivity index (χ4n) is 5.29. The van der Waals surface area contributed by atoms with Crippen LogP contribution in [0.3, 0.4) is 0 Å². The van der Waals surface area contributed by atoms with Gasteiger partial charge in [-0.2, -0.15) is 0 Å². The third kappa shape index (κ3) is 4.57. The number of oxazole rings is 1. The highest BCUT2D eigenvalue weighted by Crippen LogP contribution is 2.46. The summed E-state index contributed by atoms with van der Waals surface area (Å²) in [7, 11) is 1.63. The Bertz CT molecular complexity index is 1800. The van der Waals surface area contributed by atoms with Crippen LogP contribution in [0.25, 0.3) is 31.7 Å². The summed E-state index contributed by atoms with van der Waals surface area (Å²) in [5.41, 5.74) is 1.69. The van der Waals surface area contributed by atoms with E-state index in [-0.39, 0.29) is 18.7 Å². The largest absolute Gasteiger partial charge is 0.497 e. The Kier molecular flexibility index (Phi) is 6.51. The zero-order valence-electron chi connectivity index (χ0n) is 22.0. The average molecular weight is 578 g/mol. The van der Waals surface area contributed by atoms with Crippen molar-refractivity contribution in [3.63, 3.8) is 0 Å². The van der Waals surface area contributed by atoms with E-state index in [1.165, 1.54) is 17.7 Å². The highest BCUT2D eigenvalue weighted by molar-refractivity contribution is 7.25. The van der Waals surface area contributed by atoms with Crippen molar-refractivity contribution in [3.05, 3.63) is 70.7 Å². The summed E-state index contributed by atoms with van der Waals surface area (Å²) in [6, 6.07) is 11.1. The average Bonchev–Trinajstić information content (AvgIpc) is 3.56. The van der Waals surface area contributed by atoms with E-state index in [4.69, 9.17) is 23.6 Å². The smallest absolute Gasteiger partial charge is 0.263 e. The van der Waals surface area contributed by atoms with Crippen molar-refractivity contribution in [1.29, 1.82) is 0 Å². The van der Waals surface area contributed by atoms with Crippen LogP contribution in [0, 0.1) is 0 Å². The molecule has 2 aliphatic rings. The summed E-state index contributed by atoms with van der Waals surface area (Å²) in [4.78, 5) is 23.8. The number of aliphatic hydroxyl groups excluding tert-OH is 3. The van der Waals surface area contributed by atoms with E-state index in [1.54, 1.807) is 30.0 Å². The number of thiophene rings is 1. The van der Waals surface area contributed by atoms with Crippen LogP contribution < -0.4 is 15.0 Å². The van der Waals surface area contributed by atoms with Crippen LogP contribution in [0.15, 0.2) is 58.2 Å². The maximum absolute atomic E-state index is 14.3. The second kappa shape index (κ2) is 10.2. The topological polar surface area (TPSA) is 149 Å². The molecule has 0 amide bonds. The number of nitrogens with zero attached hydrogens (tertiary/aromatic N) is 3. The molecule has 3 aromatic heterocycles. The van der Waals surface area contributed by atoms with Crippen molar-refractivity contribution in [2.45, 2.75) is 49.9 Å². The Hall–Kier alpha value is -3.81. The van der Waals surface area contributed by atoms with Gasteiger partial charge < -0.3 is 33.9 Å². The van der Waals surface area contributed by atoms with Crippen LogP contribution in [0.1, 0.15) is 30.1 Å². The van der Waals surface area contributed by atoms with Crippen molar-refractivity contribution >= 4 is 31.6 Å². The molecule has 4 atom stereocenters. The summed E-state index contributed by atoms with van der Waals surface area (Å²) in [6.45, 7) is -0.0448. The second-order valence-electron chi connectivity index (χ2n) is 10.3. The fraction of sp³-hybridized carbons (Fsp3) is 0.345. The van der Waals surface area contributed by atoms with E-state index >= 15 is 0 Å². The van der Waals surface area contributed by atoms with Gasteiger partial charge in [0.1, 0.15) is 46.2 Å². The maximum atomic E-state index is 14.3. The number of aromatic nitrogens is 3. The molecular weight excluding hydrogens is 550 g/mol. The molecule has 0 spiro atoms. The van der Waals surface area contributed by atoms with Crippen molar-refractivity contribution in [1.82, 2.24) is 14.5 Å². The molecular formula is C29H27N3O8S. The van der Waals surface area contributed by atoms with Crippen LogP contribution in [0.5, 0.6) is 11.5 Å². The molecule has 1 aliphatic heterocycles. The van der Waals surface area contributed by atoms with Gasteiger partial charge >= 0.3 is 0 Å². The van der Waals surface area contributed by atoms with Crippen LogP contribution in [-0.2, 0) is 11.3 Å². The molecule has 4 heterocycles. The molecule has 5 aromatic rings. The van der Waals surface area contributed by atoms with Crippen molar-refractivity contribution in [3.8, 4) is 22.9 Å². The summed E-state index contributed by atoms with van der Waals surface area (Å²) < 4.78 is 24.7.